The lowest BCUT2D eigenvalue weighted by molar-refractivity contribution is -0.117. The maximum Gasteiger partial charge on any atom is 0.316 e. The third kappa shape index (κ3) is 4.54. The van der Waals surface area contributed by atoms with Crippen LogP contribution in [0.5, 0.6) is 5.75 Å². The summed E-state index contributed by atoms with van der Waals surface area (Å²) in [5, 5.41) is 3.75. The van der Waals surface area contributed by atoms with E-state index in [9.17, 15) is 9.59 Å². The number of ether oxygens (including phenoxy) is 2. The van der Waals surface area contributed by atoms with Crippen LogP contribution in [0.2, 0.25) is 0 Å². The molecular formula is C16H18N4O5. The van der Waals surface area contributed by atoms with Crippen LogP contribution in [0.25, 0.3) is 0 Å². The number of aromatic nitrogens is 2. The number of carbonyl (C=O) groups excluding carboxylic acids is 2. The quantitative estimate of drug-likeness (QED) is 0.790. The van der Waals surface area contributed by atoms with E-state index in [4.69, 9.17) is 19.7 Å². The Morgan fingerprint density at radius 2 is 1.92 bits per heavy atom. The van der Waals surface area contributed by atoms with Crippen LogP contribution < -0.4 is 10.5 Å². The maximum atomic E-state index is 12.2. The first-order valence-electron chi connectivity index (χ1n) is 7.81. The van der Waals surface area contributed by atoms with Crippen LogP contribution in [0.3, 0.4) is 0 Å². The lowest BCUT2D eigenvalue weighted by atomic mass is 10.1. The zero-order valence-electron chi connectivity index (χ0n) is 13.5. The monoisotopic (exact) mass is 346 g/mol. The summed E-state index contributed by atoms with van der Waals surface area (Å²) in [6, 6.07) is 6.95. The Hall–Kier alpha value is -2.94. The smallest absolute Gasteiger partial charge is 0.316 e. The average molecular weight is 346 g/mol. The molecule has 0 aliphatic carbocycles. The van der Waals surface area contributed by atoms with Gasteiger partial charge in [0.1, 0.15) is 5.75 Å². The Bertz CT molecular complexity index is 737. The number of carbonyl (C=O) groups is 2. The van der Waals surface area contributed by atoms with Gasteiger partial charge in [0.2, 0.25) is 11.7 Å². The first-order chi connectivity index (χ1) is 12.1. The van der Waals surface area contributed by atoms with Gasteiger partial charge in [-0.25, -0.2) is 0 Å². The van der Waals surface area contributed by atoms with Crippen LogP contribution >= 0.6 is 0 Å². The largest absolute Gasteiger partial charge is 0.485 e. The fraction of sp³-hybridized carbons (Fsp3) is 0.375. The molecule has 0 unspecified atom stereocenters. The van der Waals surface area contributed by atoms with Gasteiger partial charge in [0.15, 0.2) is 6.61 Å². The highest BCUT2D eigenvalue weighted by Gasteiger charge is 2.24. The second kappa shape index (κ2) is 7.75. The highest BCUT2D eigenvalue weighted by molar-refractivity contribution is 5.89. The lowest BCUT2D eigenvalue weighted by Gasteiger charge is -2.25. The summed E-state index contributed by atoms with van der Waals surface area (Å²) in [7, 11) is 0. The van der Waals surface area contributed by atoms with Crippen molar-refractivity contribution in [3.8, 4) is 5.75 Å². The second-order valence-electron chi connectivity index (χ2n) is 5.50. The maximum absolute atomic E-state index is 12.2. The van der Waals surface area contributed by atoms with Crippen LogP contribution in [-0.2, 0) is 22.6 Å². The number of hydrogen-bond donors (Lipinski definition) is 1. The van der Waals surface area contributed by atoms with Crippen molar-refractivity contribution < 1.29 is 23.6 Å². The molecule has 9 nitrogen and oxygen atoms in total. The standard InChI is InChI=1S/C16H18N4O5/c17-13(21)9-11-1-3-12(4-2-11)24-10-14-18-15(25-19-14)16(22)20-5-7-23-8-6-20/h1-4H,5-10H2,(H2,17,21). The van der Waals surface area contributed by atoms with Gasteiger partial charge in [0.25, 0.3) is 0 Å². The van der Waals surface area contributed by atoms with Crippen LogP contribution in [-0.4, -0.2) is 53.2 Å². The molecule has 2 N–H and O–H groups in total. The van der Waals surface area contributed by atoms with E-state index in [1.54, 1.807) is 29.2 Å². The number of benzene rings is 1. The molecule has 1 aliphatic heterocycles. The molecule has 9 heteroatoms. The van der Waals surface area contributed by atoms with Crippen LogP contribution in [0.15, 0.2) is 28.8 Å². The molecule has 2 heterocycles. The number of rotatable bonds is 6. The van der Waals surface area contributed by atoms with E-state index in [1.807, 2.05) is 0 Å². The van der Waals surface area contributed by atoms with Crippen molar-refractivity contribution in [1.29, 1.82) is 0 Å². The molecule has 132 valence electrons. The Kier molecular flexibility index (Phi) is 5.24. The molecule has 1 aliphatic rings. The molecule has 0 radical (unpaired) electrons. The summed E-state index contributed by atoms with van der Waals surface area (Å²) in [4.78, 5) is 28.7. The van der Waals surface area contributed by atoms with Crippen molar-refractivity contribution in [2.75, 3.05) is 26.3 Å². The van der Waals surface area contributed by atoms with Gasteiger partial charge in [-0.1, -0.05) is 17.3 Å². The van der Waals surface area contributed by atoms with Gasteiger partial charge in [-0.2, -0.15) is 4.98 Å². The summed E-state index contributed by atoms with van der Waals surface area (Å²) in [6.07, 6.45) is 0.179. The summed E-state index contributed by atoms with van der Waals surface area (Å²) in [6.45, 7) is 2.08. The summed E-state index contributed by atoms with van der Waals surface area (Å²) >= 11 is 0. The summed E-state index contributed by atoms with van der Waals surface area (Å²) in [5.41, 5.74) is 5.95. The van der Waals surface area contributed by atoms with Crippen LogP contribution in [0, 0.1) is 0 Å². The Labute approximate surface area is 143 Å². The number of primary amides is 1. The Morgan fingerprint density at radius 3 is 2.60 bits per heavy atom. The Morgan fingerprint density at radius 1 is 1.20 bits per heavy atom. The highest BCUT2D eigenvalue weighted by atomic mass is 16.5. The number of nitrogens with two attached hydrogens (primary N) is 1. The number of amides is 2. The zero-order chi connectivity index (χ0) is 17.6. The van der Waals surface area contributed by atoms with Gasteiger partial charge in [-0.15, -0.1) is 0 Å². The lowest BCUT2D eigenvalue weighted by Crippen LogP contribution is -2.40. The minimum atomic E-state index is -0.391. The summed E-state index contributed by atoms with van der Waals surface area (Å²) in [5.74, 6) is 0.102. The molecule has 2 aromatic rings. The normalized spacial score (nSPS) is 14.3. The molecule has 1 aromatic carbocycles. The molecule has 0 spiro atoms. The first kappa shape index (κ1) is 16.9. The van der Waals surface area contributed by atoms with E-state index < -0.39 is 5.91 Å². The highest BCUT2D eigenvalue weighted by Crippen LogP contribution is 2.14. The van der Waals surface area contributed by atoms with Gasteiger partial charge in [-0.3, -0.25) is 9.59 Å². The van der Waals surface area contributed by atoms with E-state index in [-0.39, 0.29) is 30.7 Å². The van der Waals surface area contributed by atoms with Gasteiger partial charge in [-0.05, 0) is 17.7 Å². The minimum absolute atomic E-state index is 0.0580. The molecule has 2 amide bonds. The van der Waals surface area contributed by atoms with E-state index in [2.05, 4.69) is 10.1 Å². The van der Waals surface area contributed by atoms with Crippen molar-refractivity contribution in [3.63, 3.8) is 0 Å². The molecule has 25 heavy (non-hydrogen) atoms. The Balaban J connectivity index is 1.54. The van der Waals surface area contributed by atoms with Gasteiger partial charge in [0, 0.05) is 13.1 Å². The fourth-order valence-corrected chi connectivity index (χ4v) is 2.35. The molecule has 1 aromatic heterocycles. The topological polar surface area (TPSA) is 121 Å². The molecule has 1 saturated heterocycles. The molecule has 1 fully saturated rings. The van der Waals surface area contributed by atoms with Crippen molar-refractivity contribution in [2.45, 2.75) is 13.0 Å². The number of nitrogens with zero attached hydrogens (tertiary/aromatic N) is 3. The predicted molar refractivity (Wildman–Crippen MR) is 84.7 cm³/mol. The summed E-state index contributed by atoms with van der Waals surface area (Å²) < 4.78 is 15.8. The number of hydrogen-bond acceptors (Lipinski definition) is 7. The van der Waals surface area contributed by atoms with E-state index in [0.717, 1.165) is 5.56 Å². The van der Waals surface area contributed by atoms with Gasteiger partial charge >= 0.3 is 11.8 Å². The molecular weight excluding hydrogens is 328 g/mol. The molecule has 3 rings (SSSR count). The molecule has 0 saturated carbocycles. The third-order valence-electron chi connectivity index (χ3n) is 3.62. The molecule has 0 atom stereocenters. The third-order valence-corrected chi connectivity index (χ3v) is 3.62. The van der Waals surface area contributed by atoms with Crippen molar-refractivity contribution in [1.82, 2.24) is 15.0 Å². The van der Waals surface area contributed by atoms with Crippen molar-refractivity contribution in [2.24, 2.45) is 5.73 Å². The SMILES string of the molecule is NC(=O)Cc1ccc(OCc2noc(C(=O)N3CCOCC3)n2)cc1. The minimum Gasteiger partial charge on any atom is -0.485 e. The van der Waals surface area contributed by atoms with E-state index >= 15 is 0 Å². The van der Waals surface area contributed by atoms with Crippen molar-refractivity contribution >= 4 is 11.8 Å². The van der Waals surface area contributed by atoms with Crippen molar-refractivity contribution in [3.05, 3.63) is 41.5 Å². The second-order valence-corrected chi connectivity index (χ2v) is 5.50. The van der Waals surface area contributed by atoms with E-state index in [1.165, 1.54) is 0 Å². The van der Waals surface area contributed by atoms with Crippen LogP contribution in [0.1, 0.15) is 22.1 Å². The predicted octanol–water partition coefficient (Wildman–Crippen LogP) is 0.149. The first-order valence-corrected chi connectivity index (χ1v) is 7.81. The molecule has 0 bridgehead atoms. The van der Waals surface area contributed by atoms with Gasteiger partial charge < -0.3 is 24.6 Å². The van der Waals surface area contributed by atoms with Gasteiger partial charge in [0.05, 0.1) is 19.6 Å². The zero-order valence-corrected chi connectivity index (χ0v) is 13.5. The van der Waals surface area contributed by atoms with Crippen LogP contribution in [0.4, 0.5) is 0 Å². The average Bonchev–Trinajstić information content (AvgIpc) is 3.10. The van der Waals surface area contributed by atoms with E-state index in [0.29, 0.717) is 32.1 Å². The fourth-order valence-electron chi connectivity index (χ4n) is 2.35. The number of morpholine rings is 1.